The van der Waals surface area contributed by atoms with Crippen molar-refractivity contribution in [1.82, 2.24) is 15.5 Å². The Balaban J connectivity index is 0.00000288. The molecule has 2 rings (SSSR count). The highest BCUT2D eigenvalue weighted by Gasteiger charge is 2.22. The first-order chi connectivity index (χ1) is 11.0. The minimum atomic E-state index is -0.00146. The number of carbonyl (C=O) groups excluding carboxylic acids is 1. The Kier molecular flexibility index (Phi) is 9.91. The molecule has 1 amide bonds. The molecule has 2 fully saturated rings. The summed E-state index contributed by atoms with van der Waals surface area (Å²) in [6, 6.07) is 0.682. The smallest absolute Gasteiger partial charge is 0.243 e. The summed E-state index contributed by atoms with van der Waals surface area (Å²) in [5, 5.41) is 6.93. The summed E-state index contributed by atoms with van der Waals surface area (Å²) < 4.78 is 11.0. The van der Waals surface area contributed by atoms with Crippen molar-refractivity contribution in [3.8, 4) is 0 Å². The van der Waals surface area contributed by atoms with Crippen molar-refractivity contribution in [2.24, 2.45) is 4.99 Å². The third-order valence-electron chi connectivity index (χ3n) is 4.26. The van der Waals surface area contributed by atoms with Crippen molar-refractivity contribution in [2.75, 3.05) is 40.5 Å². The van der Waals surface area contributed by atoms with Gasteiger partial charge in [0.15, 0.2) is 5.96 Å². The maximum absolute atomic E-state index is 11.8. The zero-order valence-electron chi connectivity index (χ0n) is 14.9. The van der Waals surface area contributed by atoms with E-state index in [1.165, 1.54) is 0 Å². The van der Waals surface area contributed by atoms with Gasteiger partial charge in [0.25, 0.3) is 0 Å². The van der Waals surface area contributed by atoms with E-state index in [1.807, 2.05) is 0 Å². The van der Waals surface area contributed by atoms with Gasteiger partial charge in [0, 0.05) is 46.0 Å². The van der Waals surface area contributed by atoms with Gasteiger partial charge >= 0.3 is 0 Å². The number of likely N-dealkylation sites (N-methyl/N-ethyl adjacent to an activating group) is 1. The Hall–Kier alpha value is -0.610. The molecule has 24 heavy (non-hydrogen) atoms. The van der Waals surface area contributed by atoms with Crippen molar-refractivity contribution in [1.29, 1.82) is 0 Å². The van der Waals surface area contributed by atoms with E-state index >= 15 is 0 Å². The third-order valence-corrected chi connectivity index (χ3v) is 4.26. The Bertz CT molecular complexity index is 414. The fraction of sp³-hybridized carbons (Fsp3) is 0.875. The number of amides is 1. The lowest BCUT2D eigenvalue weighted by Gasteiger charge is -2.31. The van der Waals surface area contributed by atoms with Crippen molar-refractivity contribution in [3.63, 3.8) is 0 Å². The molecule has 0 aromatic carbocycles. The lowest BCUT2D eigenvalue weighted by Crippen LogP contribution is -2.51. The van der Waals surface area contributed by atoms with Gasteiger partial charge in [0.1, 0.15) is 6.54 Å². The van der Waals surface area contributed by atoms with Crippen LogP contribution in [0.2, 0.25) is 0 Å². The maximum atomic E-state index is 11.8. The number of hydrogen-bond acceptors (Lipinski definition) is 4. The molecule has 2 N–H and O–H groups in total. The Morgan fingerprint density at radius 3 is 2.38 bits per heavy atom. The zero-order valence-corrected chi connectivity index (χ0v) is 17.2. The molecule has 0 spiro atoms. The quantitative estimate of drug-likeness (QED) is 0.377. The molecule has 2 heterocycles. The number of nitrogens with zero attached hydrogens (tertiary/aromatic N) is 2. The molecular formula is C16H31IN4O3. The first kappa shape index (κ1) is 21.4. The lowest BCUT2D eigenvalue weighted by atomic mass is 10.0. The van der Waals surface area contributed by atoms with E-state index in [9.17, 15) is 4.79 Å². The van der Waals surface area contributed by atoms with Crippen LogP contribution < -0.4 is 10.6 Å². The summed E-state index contributed by atoms with van der Waals surface area (Å²) in [5.74, 6) is 0.727. The SMILES string of the molecule is CC1CC(NC(=NCC(=O)N(C)C)NC2CCOCC2)CCO1.I. The van der Waals surface area contributed by atoms with E-state index < -0.39 is 0 Å². The van der Waals surface area contributed by atoms with Crippen LogP contribution in [0.25, 0.3) is 0 Å². The number of guanidine groups is 1. The highest BCUT2D eigenvalue weighted by molar-refractivity contribution is 14.0. The van der Waals surface area contributed by atoms with Crippen LogP contribution in [0.15, 0.2) is 4.99 Å². The molecule has 2 aliphatic heterocycles. The minimum Gasteiger partial charge on any atom is -0.381 e. The second kappa shape index (κ2) is 11.1. The molecule has 0 bridgehead atoms. The first-order valence-corrected chi connectivity index (χ1v) is 8.51. The first-order valence-electron chi connectivity index (χ1n) is 8.51. The Morgan fingerprint density at radius 2 is 1.75 bits per heavy atom. The molecule has 0 aromatic rings. The molecule has 8 heteroatoms. The van der Waals surface area contributed by atoms with Crippen LogP contribution in [-0.4, -0.2) is 75.4 Å². The van der Waals surface area contributed by atoms with E-state index in [-0.39, 0.29) is 42.5 Å². The van der Waals surface area contributed by atoms with Crippen molar-refractivity contribution < 1.29 is 14.3 Å². The molecule has 0 aliphatic carbocycles. The molecule has 0 saturated carbocycles. The summed E-state index contributed by atoms with van der Waals surface area (Å²) in [6.07, 6.45) is 4.10. The monoisotopic (exact) mass is 454 g/mol. The third kappa shape index (κ3) is 7.52. The number of hydrogen-bond donors (Lipinski definition) is 2. The van der Waals surface area contributed by atoms with Gasteiger partial charge < -0.3 is 25.0 Å². The van der Waals surface area contributed by atoms with Gasteiger partial charge in [-0.2, -0.15) is 0 Å². The summed E-state index contributed by atoms with van der Waals surface area (Å²) >= 11 is 0. The van der Waals surface area contributed by atoms with Crippen LogP contribution in [0, 0.1) is 0 Å². The van der Waals surface area contributed by atoms with Gasteiger partial charge in [0.05, 0.1) is 6.10 Å². The second-order valence-electron chi connectivity index (χ2n) is 6.53. The van der Waals surface area contributed by atoms with Gasteiger partial charge in [-0.1, -0.05) is 0 Å². The van der Waals surface area contributed by atoms with Crippen molar-refractivity contribution in [3.05, 3.63) is 0 Å². The maximum Gasteiger partial charge on any atom is 0.243 e. The Morgan fingerprint density at radius 1 is 1.12 bits per heavy atom. The second-order valence-corrected chi connectivity index (χ2v) is 6.53. The van der Waals surface area contributed by atoms with Gasteiger partial charge in [-0.25, -0.2) is 4.99 Å². The highest BCUT2D eigenvalue weighted by atomic mass is 127. The lowest BCUT2D eigenvalue weighted by molar-refractivity contribution is -0.127. The van der Waals surface area contributed by atoms with E-state index in [4.69, 9.17) is 9.47 Å². The predicted octanol–water partition coefficient (Wildman–Crippen LogP) is 0.974. The molecule has 7 nitrogen and oxygen atoms in total. The average Bonchev–Trinajstić information content (AvgIpc) is 2.53. The van der Waals surface area contributed by atoms with Crippen LogP contribution in [0.5, 0.6) is 0 Å². The fourth-order valence-corrected chi connectivity index (χ4v) is 2.78. The molecule has 0 aromatic heterocycles. The average molecular weight is 454 g/mol. The van der Waals surface area contributed by atoms with Crippen LogP contribution in [0.1, 0.15) is 32.6 Å². The molecule has 2 unspecified atom stereocenters. The number of ether oxygens (including phenoxy) is 2. The van der Waals surface area contributed by atoms with Crippen LogP contribution in [0.4, 0.5) is 0 Å². The summed E-state index contributed by atoms with van der Waals surface area (Å²) in [6.45, 7) is 4.56. The standard InChI is InChI=1S/C16H30N4O3.HI/c1-12-10-14(6-9-23-12)19-16(17-11-15(21)20(2)3)18-13-4-7-22-8-5-13;/h12-14H,4-11H2,1-3H3,(H2,17,18,19);1H. The number of rotatable bonds is 4. The fourth-order valence-electron chi connectivity index (χ4n) is 2.78. The topological polar surface area (TPSA) is 75.2 Å². The molecule has 2 saturated heterocycles. The van der Waals surface area contributed by atoms with Gasteiger partial charge in [-0.05, 0) is 32.6 Å². The minimum absolute atomic E-state index is 0. The number of nitrogens with one attached hydrogen (secondary N) is 2. The Labute approximate surface area is 161 Å². The largest absolute Gasteiger partial charge is 0.381 e. The normalized spacial score (nSPS) is 25.5. The van der Waals surface area contributed by atoms with Gasteiger partial charge in [-0.3, -0.25) is 4.79 Å². The van der Waals surface area contributed by atoms with E-state index in [2.05, 4.69) is 22.5 Å². The number of halogens is 1. The molecule has 0 radical (unpaired) electrons. The zero-order chi connectivity index (χ0) is 16.7. The van der Waals surface area contributed by atoms with Crippen LogP contribution in [0.3, 0.4) is 0 Å². The van der Waals surface area contributed by atoms with Gasteiger partial charge in [-0.15, -0.1) is 24.0 Å². The summed E-state index contributed by atoms with van der Waals surface area (Å²) in [7, 11) is 3.49. The van der Waals surface area contributed by atoms with Crippen molar-refractivity contribution >= 4 is 35.8 Å². The van der Waals surface area contributed by atoms with E-state index in [1.54, 1.807) is 19.0 Å². The van der Waals surface area contributed by atoms with Crippen LogP contribution in [-0.2, 0) is 14.3 Å². The summed E-state index contributed by atoms with van der Waals surface area (Å²) in [4.78, 5) is 17.8. The number of carbonyl (C=O) groups is 1. The van der Waals surface area contributed by atoms with Crippen molar-refractivity contribution in [2.45, 2.75) is 50.8 Å². The van der Waals surface area contributed by atoms with E-state index in [0.717, 1.165) is 51.5 Å². The molecule has 2 aliphatic rings. The van der Waals surface area contributed by atoms with Crippen LogP contribution >= 0.6 is 24.0 Å². The van der Waals surface area contributed by atoms with Gasteiger partial charge in [0.2, 0.25) is 5.91 Å². The molecular weight excluding hydrogens is 423 g/mol. The predicted molar refractivity (Wildman–Crippen MR) is 105 cm³/mol. The molecule has 140 valence electrons. The number of aliphatic imine (C=N–C) groups is 1. The highest BCUT2D eigenvalue weighted by Crippen LogP contribution is 2.13. The van der Waals surface area contributed by atoms with E-state index in [0.29, 0.717) is 12.1 Å². The molecule has 2 atom stereocenters. The summed E-state index contributed by atoms with van der Waals surface area (Å²) in [5.41, 5.74) is 0.